The highest BCUT2D eigenvalue weighted by molar-refractivity contribution is 7.19. The average Bonchev–Trinajstić information content (AvgIpc) is 2.59. The third kappa shape index (κ3) is 1.27. The van der Waals surface area contributed by atoms with Crippen LogP contribution in [0.5, 0.6) is 0 Å². The lowest BCUT2D eigenvalue weighted by Gasteiger charge is -2.16. The quantitative estimate of drug-likeness (QED) is 0.723. The summed E-state index contributed by atoms with van der Waals surface area (Å²) in [5.41, 5.74) is 8.90. The molecule has 1 aliphatic carbocycles. The maximum atomic E-state index is 13.5. The molecule has 76 valence electrons. The van der Waals surface area contributed by atoms with E-state index in [1.807, 2.05) is 12.1 Å². The van der Waals surface area contributed by atoms with E-state index in [1.165, 1.54) is 11.6 Å². The molecular formula is C12H10FNS. The van der Waals surface area contributed by atoms with Gasteiger partial charge in [0, 0.05) is 4.88 Å². The number of nitrogens with two attached hydrogens (primary N) is 1. The Hall–Kier alpha value is -1.35. The van der Waals surface area contributed by atoms with Crippen LogP contribution in [0.3, 0.4) is 0 Å². The average molecular weight is 219 g/mol. The number of hydrogen-bond donors (Lipinski definition) is 1. The topological polar surface area (TPSA) is 26.0 Å². The van der Waals surface area contributed by atoms with E-state index in [0.717, 1.165) is 33.8 Å². The van der Waals surface area contributed by atoms with Gasteiger partial charge in [0.25, 0.3) is 0 Å². The van der Waals surface area contributed by atoms with Crippen molar-refractivity contribution in [2.45, 2.75) is 12.8 Å². The summed E-state index contributed by atoms with van der Waals surface area (Å²) in [6.07, 6.45) is 1.68. The van der Waals surface area contributed by atoms with E-state index >= 15 is 0 Å². The third-order valence-electron chi connectivity index (χ3n) is 2.84. The van der Waals surface area contributed by atoms with Gasteiger partial charge in [-0.15, -0.1) is 11.3 Å². The SMILES string of the molecule is Nc1cc2c(s1)-c1cccc(F)c1CC2. The van der Waals surface area contributed by atoms with Crippen molar-refractivity contribution in [1.82, 2.24) is 0 Å². The Morgan fingerprint density at radius 2 is 2.13 bits per heavy atom. The number of anilines is 1. The van der Waals surface area contributed by atoms with Crippen LogP contribution in [0, 0.1) is 5.82 Å². The molecule has 2 aromatic rings. The Bertz CT molecular complexity index is 530. The minimum absolute atomic E-state index is 0.0925. The van der Waals surface area contributed by atoms with Gasteiger partial charge in [0.1, 0.15) is 5.82 Å². The molecule has 3 rings (SSSR count). The highest BCUT2D eigenvalue weighted by atomic mass is 32.1. The molecular weight excluding hydrogens is 209 g/mol. The molecule has 15 heavy (non-hydrogen) atoms. The number of fused-ring (bicyclic) bond motifs is 3. The standard InChI is InChI=1S/C12H10FNS/c13-10-3-1-2-9-8(10)5-4-7-6-11(14)15-12(7)9/h1-3,6H,4-5,14H2. The van der Waals surface area contributed by atoms with Crippen molar-refractivity contribution in [3.05, 3.63) is 41.2 Å². The Morgan fingerprint density at radius 1 is 1.27 bits per heavy atom. The van der Waals surface area contributed by atoms with Crippen LogP contribution in [0.15, 0.2) is 24.3 Å². The highest BCUT2D eigenvalue weighted by Gasteiger charge is 2.20. The van der Waals surface area contributed by atoms with Gasteiger partial charge in [-0.05, 0) is 41.7 Å². The van der Waals surface area contributed by atoms with E-state index in [2.05, 4.69) is 0 Å². The number of halogens is 1. The van der Waals surface area contributed by atoms with Gasteiger partial charge in [-0.3, -0.25) is 0 Å². The summed E-state index contributed by atoms with van der Waals surface area (Å²) >= 11 is 1.55. The molecule has 0 spiro atoms. The smallest absolute Gasteiger partial charge is 0.127 e. The Balaban J connectivity index is 2.29. The molecule has 0 unspecified atom stereocenters. The lowest BCUT2D eigenvalue weighted by atomic mass is 9.91. The number of thiophene rings is 1. The van der Waals surface area contributed by atoms with Crippen molar-refractivity contribution in [2.24, 2.45) is 0 Å². The van der Waals surface area contributed by atoms with Crippen LogP contribution in [0.1, 0.15) is 11.1 Å². The van der Waals surface area contributed by atoms with Gasteiger partial charge in [-0.1, -0.05) is 12.1 Å². The zero-order valence-electron chi connectivity index (χ0n) is 8.09. The Morgan fingerprint density at radius 3 is 3.00 bits per heavy atom. The monoisotopic (exact) mass is 219 g/mol. The molecule has 0 radical (unpaired) electrons. The molecule has 0 amide bonds. The molecule has 1 nitrogen and oxygen atoms in total. The first-order valence-electron chi connectivity index (χ1n) is 4.91. The lowest BCUT2D eigenvalue weighted by molar-refractivity contribution is 0.608. The van der Waals surface area contributed by atoms with E-state index in [0.29, 0.717) is 0 Å². The summed E-state index contributed by atoms with van der Waals surface area (Å²) in [6, 6.07) is 7.28. The van der Waals surface area contributed by atoms with Gasteiger partial charge in [-0.25, -0.2) is 4.39 Å². The second kappa shape index (κ2) is 3.07. The Labute approximate surface area is 91.4 Å². The van der Waals surface area contributed by atoms with Crippen LogP contribution < -0.4 is 5.73 Å². The molecule has 1 aliphatic rings. The van der Waals surface area contributed by atoms with E-state index in [1.54, 1.807) is 17.4 Å². The molecule has 0 bridgehead atoms. The summed E-state index contributed by atoms with van der Waals surface area (Å²) in [7, 11) is 0. The molecule has 0 atom stereocenters. The largest absolute Gasteiger partial charge is 0.391 e. The number of aryl methyl sites for hydroxylation is 1. The van der Waals surface area contributed by atoms with Crippen molar-refractivity contribution >= 4 is 16.3 Å². The molecule has 0 aliphatic heterocycles. The lowest BCUT2D eigenvalue weighted by Crippen LogP contribution is -2.03. The fourth-order valence-electron chi connectivity index (χ4n) is 2.15. The highest BCUT2D eigenvalue weighted by Crippen LogP contribution is 2.41. The van der Waals surface area contributed by atoms with Crippen LogP contribution in [-0.4, -0.2) is 0 Å². The normalized spacial score (nSPS) is 13.4. The number of benzene rings is 1. The maximum absolute atomic E-state index is 13.5. The third-order valence-corrected chi connectivity index (χ3v) is 3.88. The molecule has 0 saturated heterocycles. The van der Waals surface area contributed by atoms with Crippen molar-refractivity contribution in [3.63, 3.8) is 0 Å². The van der Waals surface area contributed by atoms with Gasteiger partial charge in [-0.2, -0.15) is 0 Å². The molecule has 1 aromatic carbocycles. The molecule has 2 N–H and O–H groups in total. The fourth-order valence-corrected chi connectivity index (χ4v) is 3.18. The van der Waals surface area contributed by atoms with Crippen LogP contribution in [0.2, 0.25) is 0 Å². The summed E-state index contributed by atoms with van der Waals surface area (Å²) in [5.74, 6) is -0.0925. The molecule has 1 heterocycles. The minimum Gasteiger partial charge on any atom is -0.391 e. The van der Waals surface area contributed by atoms with Crippen molar-refractivity contribution < 1.29 is 4.39 Å². The van der Waals surface area contributed by atoms with Crippen LogP contribution >= 0.6 is 11.3 Å². The molecule has 3 heteroatoms. The van der Waals surface area contributed by atoms with Gasteiger partial charge >= 0.3 is 0 Å². The zero-order valence-corrected chi connectivity index (χ0v) is 8.90. The van der Waals surface area contributed by atoms with Crippen LogP contribution in [-0.2, 0) is 12.8 Å². The van der Waals surface area contributed by atoms with Gasteiger partial charge in [0.2, 0.25) is 0 Å². The predicted octanol–water partition coefficient (Wildman–Crippen LogP) is 3.24. The van der Waals surface area contributed by atoms with Crippen LogP contribution in [0.4, 0.5) is 9.39 Å². The fraction of sp³-hybridized carbons (Fsp3) is 0.167. The summed E-state index contributed by atoms with van der Waals surface area (Å²) < 4.78 is 13.5. The maximum Gasteiger partial charge on any atom is 0.127 e. The van der Waals surface area contributed by atoms with Gasteiger partial charge in [0.15, 0.2) is 0 Å². The first kappa shape index (κ1) is 8.92. The summed E-state index contributed by atoms with van der Waals surface area (Å²) in [4.78, 5) is 1.15. The zero-order chi connectivity index (χ0) is 10.4. The Kier molecular flexibility index (Phi) is 1.83. The minimum atomic E-state index is -0.0925. The predicted molar refractivity (Wildman–Crippen MR) is 61.5 cm³/mol. The summed E-state index contributed by atoms with van der Waals surface area (Å²) in [6.45, 7) is 0. The first-order valence-corrected chi connectivity index (χ1v) is 5.73. The second-order valence-corrected chi connectivity index (χ2v) is 4.85. The van der Waals surface area contributed by atoms with Gasteiger partial charge < -0.3 is 5.73 Å². The second-order valence-electron chi connectivity index (χ2n) is 3.77. The molecule has 1 aromatic heterocycles. The van der Waals surface area contributed by atoms with Crippen molar-refractivity contribution in [1.29, 1.82) is 0 Å². The van der Waals surface area contributed by atoms with Gasteiger partial charge in [0.05, 0.1) is 5.00 Å². The molecule has 0 saturated carbocycles. The first-order chi connectivity index (χ1) is 7.25. The van der Waals surface area contributed by atoms with E-state index in [9.17, 15) is 4.39 Å². The van der Waals surface area contributed by atoms with Crippen molar-refractivity contribution in [2.75, 3.05) is 5.73 Å². The van der Waals surface area contributed by atoms with E-state index in [4.69, 9.17) is 5.73 Å². The number of nitrogen functional groups attached to an aromatic ring is 1. The van der Waals surface area contributed by atoms with Crippen LogP contribution in [0.25, 0.3) is 10.4 Å². The van der Waals surface area contributed by atoms with Crippen molar-refractivity contribution in [3.8, 4) is 10.4 Å². The summed E-state index contributed by atoms with van der Waals surface area (Å²) in [5, 5.41) is 0.817. The van der Waals surface area contributed by atoms with E-state index in [-0.39, 0.29) is 5.82 Å². The number of hydrogen-bond acceptors (Lipinski definition) is 2. The van der Waals surface area contributed by atoms with E-state index < -0.39 is 0 Å². The number of rotatable bonds is 0. The molecule has 0 fully saturated rings.